The Morgan fingerprint density at radius 3 is 2.45 bits per heavy atom. The predicted octanol–water partition coefficient (Wildman–Crippen LogP) is 1.75. The van der Waals surface area contributed by atoms with Crippen molar-refractivity contribution in [1.82, 2.24) is 4.90 Å². The third-order valence-corrected chi connectivity index (χ3v) is 1.93. The van der Waals surface area contributed by atoms with Crippen LogP contribution in [0, 0.1) is 0 Å². The topological polar surface area (TPSA) is 20.3 Å². The first-order valence-corrected chi connectivity index (χ1v) is 4.28. The number of halogens is 1. The van der Waals surface area contributed by atoms with Gasteiger partial charge in [-0.05, 0) is 30.9 Å². The minimum absolute atomic E-state index is 0.393. The van der Waals surface area contributed by atoms with Gasteiger partial charge in [0.05, 0.1) is 0 Å². The monoisotopic (exact) mass is 173 g/mol. The molecule has 1 fully saturated rings. The van der Waals surface area contributed by atoms with Crippen LogP contribution in [0.15, 0.2) is 12.3 Å². The van der Waals surface area contributed by atoms with Crippen molar-refractivity contribution >= 4 is 16.8 Å². The van der Waals surface area contributed by atoms with Crippen molar-refractivity contribution in [2.24, 2.45) is 0 Å². The van der Waals surface area contributed by atoms with E-state index >= 15 is 0 Å². The Bertz CT molecular complexity index is 161. The van der Waals surface area contributed by atoms with Gasteiger partial charge in [-0.15, -0.1) is 0 Å². The second-order valence-corrected chi connectivity index (χ2v) is 3.09. The van der Waals surface area contributed by atoms with Crippen molar-refractivity contribution < 1.29 is 4.79 Å². The molecule has 0 aromatic carbocycles. The molecule has 2 nitrogen and oxygen atoms in total. The lowest BCUT2D eigenvalue weighted by atomic mass is 10.1. The average Bonchev–Trinajstić information content (AvgIpc) is 2.03. The molecule has 0 N–H and O–H groups in total. The first-order chi connectivity index (χ1) is 5.29. The summed E-state index contributed by atoms with van der Waals surface area (Å²) in [6, 6.07) is 0. The molecule has 0 aromatic heterocycles. The van der Waals surface area contributed by atoms with Crippen LogP contribution in [0.25, 0.3) is 0 Å². The predicted molar refractivity (Wildman–Crippen MR) is 45.4 cm³/mol. The van der Waals surface area contributed by atoms with E-state index < -0.39 is 5.24 Å². The third-order valence-electron chi connectivity index (χ3n) is 1.81. The molecular weight excluding hydrogens is 162 g/mol. The van der Waals surface area contributed by atoms with Crippen molar-refractivity contribution in [3.8, 4) is 0 Å². The van der Waals surface area contributed by atoms with Gasteiger partial charge in [0.2, 0.25) is 5.24 Å². The summed E-state index contributed by atoms with van der Waals surface area (Å²) in [4.78, 5) is 12.5. The first-order valence-electron chi connectivity index (χ1n) is 3.91. The summed E-state index contributed by atoms with van der Waals surface area (Å²) in [5.41, 5.74) is 0. The van der Waals surface area contributed by atoms with Crippen molar-refractivity contribution in [2.45, 2.75) is 19.3 Å². The zero-order chi connectivity index (χ0) is 8.10. The maximum Gasteiger partial charge on any atom is 0.246 e. The van der Waals surface area contributed by atoms with Crippen LogP contribution in [0.5, 0.6) is 0 Å². The third kappa shape index (κ3) is 3.42. The van der Waals surface area contributed by atoms with Crippen molar-refractivity contribution in [3.05, 3.63) is 12.3 Å². The molecule has 1 aliphatic rings. The Hall–Kier alpha value is -0.500. The molecule has 0 saturated carbocycles. The molecule has 0 bridgehead atoms. The van der Waals surface area contributed by atoms with Gasteiger partial charge in [0.25, 0.3) is 0 Å². The second kappa shape index (κ2) is 4.39. The standard InChI is InChI=1S/C8H12ClNO/c9-8(11)4-7-10-5-2-1-3-6-10/h4,7H,1-3,5-6H2. The SMILES string of the molecule is O=C(Cl)C=CN1CCCCC1. The normalized spacial score (nSPS) is 19.2. The number of carbonyl (C=O) groups is 1. The van der Waals surface area contributed by atoms with E-state index in [4.69, 9.17) is 11.6 Å². The van der Waals surface area contributed by atoms with Gasteiger partial charge >= 0.3 is 0 Å². The maximum absolute atomic E-state index is 10.3. The van der Waals surface area contributed by atoms with Crippen LogP contribution >= 0.6 is 11.6 Å². The number of hydrogen-bond acceptors (Lipinski definition) is 2. The van der Waals surface area contributed by atoms with Gasteiger partial charge in [0, 0.05) is 25.4 Å². The lowest BCUT2D eigenvalue weighted by molar-refractivity contribution is -0.107. The fraction of sp³-hybridized carbons (Fsp3) is 0.625. The fourth-order valence-electron chi connectivity index (χ4n) is 1.23. The highest BCUT2D eigenvalue weighted by molar-refractivity contribution is 6.66. The van der Waals surface area contributed by atoms with Gasteiger partial charge in [-0.25, -0.2) is 0 Å². The lowest BCUT2D eigenvalue weighted by Crippen LogP contribution is -2.24. The summed E-state index contributed by atoms with van der Waals surface area (Å²) in [6.07, 6.45) is 6.95. The van der Waals surface area contributed by atoms with Crippen molar-refractivity contribution in [3.63, 3.8) is 0 Å². The van der Waals surface area contributed by atoms with Crippen LogP contribution in [-0.2, 0) is 4.79 Å². The summed E-state index contributed by atoms with van der Waals surface area (Å²) < 4.78 is 0. The van der Waals surface area contributed by atoms with Crippen LogP contribution in [0.4, 0.5) is 0 Å². The van der Waals surface area contributed by atoms with E-state index in [0.717, 1.165) is 13.1 Å². The van der Waals surface area contributed by atoms with Crippen LogP contribution < -0.4 is 0 Å². The molecule has 0 aromatic rings. The van der Waals surface area contributed by atoms with Gasteiger partial charge in [0.15, 0.2) is 0 Å². The molecule has 0 spiro atoms. The van der Waals surface area contributed by atoms with Crippen LogP contribution in [0.1, 0.15) is 19.3 Å². The molecule has 1 aliphatic heterocycles. The lowest BCUT2D eigenvalue weighted by Gasteiger charge is -2.24. The number of rotatable bonds is 2. The molecule has 0 radical (unpaired) electrons. The molecule has 0 amide bonds. The molecule has 0 atom stereocenters. The zero-order valence-corrected chi connectivity index (χ0v) is 7.18. The number of nitrogens with zero attached hydrogens (tertiary/aromatic N) is 1. The minimum atomic E-state index is -0.393. The van der Waals surface area contributed by atoms with Crippen molar-refractivity contribution in [2.75, 3.05) is 13.1 Å². The molecule has 1 heterocycles. The number of likely N-dealkylation sites (tertiary alicyclic amines) is 1. The average molecular weight is 174 g/mol. The van der Waals surface area contributed by atoms with E-state index in [1.54, 1.807) is 6.20 Å². The van der Waals surface area contributed by atoms with Crippen LogP contribution in [0.3, 0.4) is 0 Å². The Labute approximate surface area is 71.8 Å². The van der Waals surface area contributed by atoms with E-state index in [1.165, 1.54) is 25.3 Å². The van der Waals surface area contributed by atoms with Gasteiger partial charge in [-0.3, -0.25) is 4.79 Å². The smallest absolute Gasteiger partial charge is 0.246 e. The number of allylic oxidation sites excluding steroid dienone is 1. The summed E-state index contributed by atoms with van der Waals surface area (Å²) in [7, 11) is 0. The number of hydrogen-bond donors (Lipinski definition) is 0. The molecule has 3 heteroatoms. The highest BCUT2D eigenvalue weighted by atomic mass is 35.5. The molecule has 0 unspecified atom stereocenters. The van der Waals surface area contributed by atoms with E-state index in [1.807, 2.05) is 0 Å². The Morgan fingerprint density at radius 2 is 1.91 bits per heavy atom. The molecular formula is C8H12ClNO. The number of carbonyl (C=O) groups excluding carboxylic acids is 1. The largest absolute Gasteiger partial charge is 0.377 e. The summed E-state index contributed by atoms with van der Waals surface area (Å²) >= 11 is 5.14. The van der Waals surface area contributed by atoms with E-state index in [0.29, 0.717) is 0 Å². The fourth-order valence-corrected chi connectivity index (χ4v) is 1.29. The zero-order valence-electron chi connectivity index (χ0n) is 6.42. The van der Waals surface area contributed by atoms with E-state index in [-0.39, 0.29) is 0 Å². The van der Waals surface area contributed by atoms with Crippen LogP contribution in [0.2, 0.25) is 0 Å². The molecule has 11 heavy (non-hydrogen) atoms. The molecule has 1 rings (SSSR count). The Kier molecular flexibility index (Phi) is 3.43. The molecule has 1 saturated heterocycles. The highest BCUT2D eigenvalue weighted by Crippen LogP contribution is 2.08. The Morgan fingerprint density at radius 1 is 1.27 bits per heavy atom. The first kappa shape index (κ1) is 8.60. The van der Waals surface area contributed by atoms with Gasteiger partial charge < -0.3 is 4.90 Å². The Balaban J connectivity index is 2.29. The molecule has 0 aliphatic carbocycles. The van der Waals surface area contributed by atoms with Gasteiger partial charge in [-0.2, -0.15) is 0 Å². The number of piperidine rings is 1. The second-order valence-electron chi connectivity index (χ2n) is 2.72. The van der Waals surface area contributed by atoms with E-state index in [9.17, 15) is 4.79 Å². The highest BCUT2D eigenvalue weighted by Gasteiger charge is 2.04. The van der Waals surface area contributed by atoms with E-state index in [2.05, 4.69) is 4.90 Å². The summed E-state index contributed by atoms with van der Waals surface area (Å²) in [5.74, 6) is 0. The maximum atomic E-state index is 10.3. The van der Waals surface area contributed by atoms with Crippen LogP contribution in [-0.4, -0.2) is 23.2 Å². The minimum Gasteiger partial charge on any atom is -0.377 e. The van der Waals surface area contributed by atoms with Crippen molar-refractivity contribution in [1.29, 1.82) is 0 Å². The van der Waals surface area contributed by atoms with Gasteiger partial charge in [0.1, 0.15) is 0 Å². The quantitative estimate of drug-likeness (QED) is 0.469. The van der Waals surface area contributed by atoms with Gasteiger partial charge in [-0.1, -0.05) is 0 Å². The molecule has 62 valence electrons. The summed E-state index contributed by atoms with van der Waals surface area (Å²) in [5, 5.41) is -0.393. The summed E-state index contributed by atoms with van der Waals surface area (Å²) in [6.45, 7) is 2.11.